The van der Waals surface area contributed by atoms with Crippen molar-refractivity contribution in [2.75, 3.05) is 5.33 Å². The second-order valence-corrected chi connectivity index (χ2v) is 6.28. The Morgan fingerprint density at radius 2 is 2.13 bits per heavy atom. The van der Waals surface area contributed by atoms with Gasteiger partial charge in [-0.15, -0.1) is 0 Å². The lowest BCUT2D eigenvalue weighted by Gasteiger charge is -2.38. The quantitative estimate of drug-likeness (QED) is 0.571. The van der Waals surface area contributed by atoms with Crippen molar-refractivity contribution in [1.29, 1.82) is 0 Å². The predicted octanol–water partition coefficient (Wildman–Crippen LogP) is 3.14. The average molecular weight is 275 g/mol. The number of esters is 1. The van der Waals surface area contributed by atoms with Crippen molar-refractivity contribution in [3.63, 3.8) is 0 Å². The Kier molecular flexibility index (Phi) is 2.65. The fourth-order valence-corrected chi connectivity index (χ4v) is 3.63. The van der Waals surface area contributed by atoms with Crippen molar-refractivity contribution in [3.05, 3.63) is 0 Å². The molecule has 0 aliphatic heterocycles. The number of fused-ring (bicyclic) bond motifs is 2. The van der Waals surface area contributed by atoms with Crippen LogP contribution in [-0.2, 0) is 9.53 Å². The van der Waals surface area contributed by atoms with Crippen LogP contribution in [0.25, 0.3) is 0 Å². The molecule has 0 saturated heterocycles. The van der Waals surface area contributed by atoms with Crippen LogP contribution in [0.4, 0.5) is 0 Å². The second-order valence-electron chi connectivity index (χ2n) is 5.72. The first kappa shape index (κ1) is 11.4. The summed E-state index contributed by atoms with van der Waals surface area (Å²) in [5, 5.41) is 0.310. The monoisotopic (exact) mass is 274 g/mol. The Labute approximate surface area is 99.9 Å². The minimum Gasteiger partial charge on any atom is -0.461 e. The highest BCUT2D eigenvalue weighted by Crippen LogP contribution is 2.66. The smallest absolute Gasteiger partial charge is 0.316 e. The van der Waals surface area contributed by atoms with Crippen LogP contribution in [0.15, 0.2) is 0 Å². The number of rotatable bonds is 2. The molecule has 0 amide bonds. The molecule has 2 saturated carbocycles. The maximum atomic E-state index is 11.3. The van der Waals surface area contributed by atoms with Crippen LogP contribution in [0.3, 0.4) is 0 Å². The summed E-state index contributed by atoms with van der Waals surface area (Å²) < 4.78 is 5.55. The van der Waals surface area contributed by atoms with Crippen LogP contribution >= 0.6 is 15.9 Å². The highest BCUT2D eigenvalue weighted by atomic mass is 79.9. The first-order chi connectivity index (χ1) is 6.91. The highest BCUT2D eigenvalue weighted by Gasteiger charge is 2.62. The van der Waals surface area contributed by atoms with Crippen LogP contribution in [0.5, 0.6) is 0 Å². The van der Waals surface area contributed by atoms with Gasteiger partial charge in [0, 0.05) is 5.41 Å². The molecule has 0 unspecified atom stereocenters. The van der Waals surface area contributed by atoms with Gasteiger partial charge in [-0.25, -0.2) is 0 Å². The van der Waals surface area contributed by atoms with E-state index in [2.05, 4.69) is 36.7 Å². The van der Waals surface area contributed by atoms with E-state index in [0.717, 1.165) is 12.3 Å². The minimum atomic E-state index is -0.121. The molecule has 0 aromatic rings. The molecule has 2 bridgehead atoms. The van der Waals surface area contributed by atoms with E-state index in [1.807, 2.05) is 0 Å². The van der Waals surface area contributed by atoms with Crippen molar-refractivity contribution in [2.45, 2.75) is 46.1 Å². The molecule has 2 aliphatic carbocycles. The molecule has 15 heavy (non-hydrogen) atoms. The van der Waals surface area contributed by atoms with Crippen molar-refractivity contribution < 1.29 is 9.53 Å². The molecule has 3 heteroatoms. The molecule has 0 heterocycles. The van der Waals surface area contributed by atoms with E-state index in [9.17, 15) is 4.79 Å². The number of halogens is 1. The SMILES string of the molecule is CC1(C)[C@@H]2CC[C@@]1(C)[C@H](OC(=O)CBr)C2. The zero-order valence-corrected chi connectivity index (χ0v) is 11.3. The van der Waals surface area contributed by atoms with E-state index in [0.29, 0.717) is 10.7 Å². The predicted molar refractivity (Wildman–Crippen MR) is 62.9 cm³/mol. The van der Waals surface area contributed by atoms with E-state index < -0.39 is 0 Å². The Morgan fingerprint density at radius 3 is 2.53 bits per heavy atom. The molecule has 0 aromatic carbocycles. The van der Waals surface area contributed by atoms with Crippen molar-refractivity contribution >= 4 is 21.9 Å². The van der Waals surface area contributed by atoms with Crippen LogP contribution in [0, 0.1) is 16.7 Å². The van der Waals surface area contributed by atoms with Gasteiger partial charge in [-0.2, -0.15) is 0 Å². The van der Waals surface area contributed by atoms with E-state index >= 15 is 0 Å². The molecule has 0 N–H and O–H groups in total. The van der Waals surface area contributed by atoms with Gasteiger partial charge in [0.2, 0.25) is 0 Å². The van der Waals surface area contributed by atoms with E-state index in [-0.39, 0.29) is 17.5 Å². The molecule has 3 atom stereocenters. The Bertz CT molecular complexity index is 287. The summed E-state index contributed by atoms with van der Waals surface area (Å²) in [5.41, 5.74) is 0.514. The largest absolute Gasteiger partial charge is 0.461 e. The molecule has 0 spiro atoms. The fraction of sp³-hybridized carbons (Fsp3) is 0.917. The van der Waals surface area contributed by atoms with Crippen LogP contribution in [0.2, 0.25) is 0 Å². The van der Waals surface area contributed by atoms with Crippen molar-refractivity contribution in [2.24, 2.45) is 16.7 Å². The lowest BCUT2D eigenvalue weighted by Crippen LogP contribution is -2.38. The van der Waals surface area contributed by atoms with Crippen molar-refractivity contribution in [1.82, 2.24) is 0 Å². The summed E-state index contributed by atoms with van der Waals surface area (Å²) in [4.78, 5) is 11.3. The maximum Gasteiger partial charge on any atom is 0.316 e. The summed E-state index contributed by atoms with van der Waals surface area (Å²) in [6.45, 7) is 6.94. The number of carbonyl (C=O) groups excluding carboxylic acids is 1. The third-order valence-electron chi connectivity index (χ3n) is 5.10. The molecular formula is C12H19BrO2. The molecule has 0 radical (unpaired) electrons. The number of hydrogen-bond acceptors (Lipinski definition) is 2. The normalized spacial score (nSPS) is 41.9. The maximum absolute atomic E-state index is 11.3. The van der Waals surface area contributed by atoms with Gasteiger partial charge in [-0.05, 0) is 30.6 Å². The van der Waals surface area contributed by atoms with E-state index in [1.165, 1.54) is 12.8 Å². The lowest BCUT2D eigenvalue weighted by molar-refractivity contribution is -0.153. The Balaban J connectivity index is 2.15. The lowest BCUT2D eigenvalue weighted by atomic mass is 9.70. The van der Waals surface area contributed by atoms with Crippen LogP contribution < -0.4 is 0 Å². The van der Waals surface area contributed by atoms with E-state index in [1.54, 1.807) is 0 Å². The fourth-order valence-electron chi connectivity index (χ4n) is 3.50. The molecule has 86 valence electrons. The average Bonchev–Trinajstić information content (AvgIpc) is 2.50. The van der Waals surface area contributed by atoms with Gasteiger partial charge in [0.25, 0.3) is 0 Å². The standard InChI is InChI=1S/C12H19BrO2/c1-11(2)8-4-5-12(11,3)9(6-8)15-10(14)7-13/h8-9H,4-7H2,1-3H3/t8-,9-,12+/m1/s1. The summed E-state index contributed by atoms with van der Waals surface area (Å²) in [6.07, 6.45) is 3.69. The highest BCUT2D eigenvalue weighted by molar-refractivity contribution is 9.09. The van der Waals surface area contributed by atoms with E-state index in [4.69, 9.17) is 4.74 Å². The number of hydrogen-bond donors (Lipinski definition) is 0. The number of carbonyl (C=O) groups is 1. The Hall–Kier alpha value is -0.0500. The molecule has 0 aromatic heterocycles. The molecule has 2 nitrogen and oxygen atoms in total. The van der Waals surface area contributed by atoms with Gasteiger partial charge in [-0.1, -0.05) is 36.7 Å². The third-order valence-corrected chi connectivity index (χ3v) is 5.55. The third kappa shape index (κ3) is 1.46. The number of alkyl halides is 1. The summed E-state index contributed by atoms with van der Waals surface area (Å²) in [7, 11) is 0. The molecule has 2 fully saturated rings. The van der Waals surface area contributed by atoms with Gasteiger partial charge < -0.3 is 4.74 Å². The minimum absolute atomic E-state index is 0.121. The molecular weight excluding hydrogens is 256 g/mol. The molecule has 2 aliphatic rings. The van der Waals surface area contributed by atoms with Gasteiger partial charge in [-0.3, -0.25) is 4.79 Å². The van der Waals surface area contributed by atoms with Crippen LogP contribution in [-0.4, -0.2) is 17.4 Å². The number of ether oxygens (including phenoxy) is 1. The summed E-state index contributed by atoms with van der Waals surface area (Å²) in [5.74, 6) is 0.611. The van der Waals surface area contributed by atoms with Gasteiger partial charge in [0.1, 0.15) is 11.4 Å². The summed E-state index contributed by atoms with van der Waals surface area (Å²) >= 11 is 3.15. The van der Waals surface area contributed by atoms with Gasteiger partial charge >= 0.3 is 5.97 Å². The zero-order valence-electron chi connectivity index (χ0n) is 9.68. The van der Waals surface area contributed by atoms with Crippen LogP contribution in [0.1, 0.15) is 40.0 Å². The Morgan fingerprint density at radius 1 is 1.47 bits per heavy atom. The first-order valence-corrected chi connectivity index (χ1v) is 6.79. The van der Waals surface area contributed by atoms with Gasteiger partial charge in [0.05, 0.1) is 0 Å². The first-order valence-electron chi connectivity index (χ1n) is 5.67. The topological polar surface area (TPSA) is 26.3 Å². The van der Waals surface area contributed by atoms with Gasteiger partial charge in [0.15, 0.2) is 0 Å². The second kappa shape index (κ2) is 3.47. The zero-order chi connectivity index (χ0) is 11.3. The summed E-state index contributed by atoms with van der Waals surface area (Å²) in [6, 6.07) is 0. The van der Waals surface area contributed by atoms with Crippen molar-refractivity contribution in [3.8, 4) is 0 Å². The molecule has 2 rings (SSSR count).